The Kier molecular flexibility index (Phi) is 8.25. The molecule has 4 rings (SSSR count). The lowest BCUT2D eigenvalue weighted by atomic mass is 10.1. The summed E-state index contributed by atoms with van der Waals surface area (Å²) in [5.41, 5.74) is 8.25. The van der Waals surface area contributed by atoms with Crippen LogP contribution in [-0.2, 0) is 39.4 Å². The maximum absolute atomic E-state index is 12.7. The largest absolute Gasteiger partial charge is 0.496 e. The predicted molar refractivity (Wildman–Crippen MR) is 124 cm³/mol. The molecule has 2 aromatic heterocycles. The van der Waals surface area contributed by atoms with E-state index in [0.29, 0.717) is 40.1 Å². The third kappa shape index (κ3) is 5.22. The van der Waals surface area contributed by atoms with Gasteiger partial charge in [-0.15, -0.1) is 12.4 Å². The molecule has 0 aliphatic rings. The smallest absolute Gasteiger partial charge is 0.288 e. The number of aromatic nitrogens is 3. The lowest BCUT2D eigenvalue weighted by molar-refractivity contribution is -0.294. The van der Waals surface area contributed by atoms with Crippen LogP contribution in [0.25, 0.3) is 11.0 Å². The van der Waals surface area contributed by atoms with Gasteiger partial charge in [-0.1, -0.05) is 23.4 Å². The number of ether oxygens (including phenoxy) is 1. The molecule has 0 amide bonds. The summed E-state index contributed by atoms with van der Waals surface area (Å²) >= 11 is 0. The number of methoxy groups -OCH3 is 1. The highest BCUT2D eigenvalue weighted by atomic mass is 35.5. The van der Waals surface area contributed by atoms with Crippen LogP contribution in [0.4, 0.5) is 0 Å². The van der Waals surface area contributed by atoms with Crippen molar-refractivity contribution in [2.24, 2.45) is 5.73 Å². The number of nitrogens with two attached hydrogens (primary N) is 1. The summed E-state index contributed by atoms with van der Waals surface area (Å²) < 4.78 is 38.7. The lowest BCUT2D eigenvalue weighted by Crippen LogP contribution is -2.30. The van der Waals surface area contributed by atoms with Crippen molar-refractivity contribution >= 4 is 33.4 Å². The van der Waals surface area contributed by atoms with Crippen LogP contribution < -0.4 is 10.5 Å². The molecule has 182 valence electrons. The van der Waals surface area contributed by atoms with E-state index in [9.17, 15) is 8.42 Å². The van der Waals surface area contributed by atoms with Crippen molar-refractivity contribution in [1.29, 1.82) is 0 Å². The second kappa shape index (κ2) is 11.0. The van der Waals surface area contributed by atoms with Gasteiger partial charge in [0.2, 0.25) is 0 Å². The molecule has 0 radical (unpaired) electrons. The standard InChI is InChI=1S/C21H23N5O6S.ClH/c1-29-19-8-15(12-25-13-16(10-22)11-23-25)9-20-21(19)18(24-32-20)14-31-26(30-2)33(27,28)17-6-4-3-5-7-17;/h3-9,11,13H,10,12,14,22H2,1-2H3;1H. The van der Waals surface area contributed by atoms with E-state index in [4.69, 9.17) is 24.7 Å². The molecule has 2 heterocycles. The quantitative estimate of drug-likeness (QED) is 0.320. The van der Waals surface area contributed by atoms with Crippen LogP contribution in [0, 0.1) is 0 Å². The van der Waals surface area contributed by atoms with Crippen molar-refractivity contribution < 1.29 is 27.4 Å². The number of rotatable bonds is 10. The Morgan fingerprint density at radius 3 is 2.56 bits per heavy atom. The van der Waals surface area contributed by atoms with Gasteiger partial charge in [-0.05, 0) is 29.8 Å². The van der Waals surface area contributed by atoms with E-state index in [1.807, 2.05) is 18.3 Å². The minimum absolute atomic E-state index is 0. The number of hydrogen-bond acceptors (Lipinski definition) is 9. The Hall–Kier alpha value is -3.00. The number of nitrogens with zero attached hydrogens (tertiary/aromatic N) is 4. The van der Waals surface area contributed by atoms with Gasteiger partial charge in [0.15, 0.2) is 5.58 Å². The second-order valence-corrected chi connectivity index (χ2v) is 8.74. The van der Waals surface area contributed by atoms with Gasteiger partial charge >= 0.3 is 0 Å². The van der Waals surface area contributed by atoms with E-state index in [-0.39, 0.29) is 23.9 Å². The zero-order valence-corrected chi connectivity index (χ0v) is 20.1. The van der Waals surface area contributed by atoms with Crippen LogP contribution in [0.15, 0.2) is 64.3 Å². The minimum atomic E-state index is -4.03. The van der Waals surface area contributed by atoms with E-state index in [1.54, 1.807) is 29.1 Å². The number of fused-ring (bicyclic) bond motifs is 1. The fourth-order valence-corrected chi connectivity index (χ4v) is 4.36. The first-order valence-corrected chi connectivity index (χ1v) is 11.3. The predicted octanol–water partition coefficient (Wildman–Crippen LogP) is 2.65. The second-order valence-electron chi connectivity index (χ2n) is 7.02. The van der Waals surface area contributed by atoms with Crippen LogP contribution in [-0.4, -0.2) is 42.2 Å². The average molecular weight is 510 g/mol. The third-order valence-electron chi connectivity index (χ3n) is 4.85. The molecule has 11 nitrogen and oxygen atoms in total. The maximum atomic E-state index is 12.7. The van der Waals surface area contributed by atoms with Crippen LogP contribution in [0.3, 0.4) is 0 Å². The topological polar surface area (TPSA) is 135 Å². The first-order chi connectivity index (χ1) is 16.0. The summed E-state index contributed by atoms with van der Waals surface area (Å²) in [4.78, 5) is 10.4. The number of halogens is 1. The van der Waals surface area contributed by atoms with Gasteiger partial charge in [0.1, 0.15) is 18.1 Å². The van der Waals surface area contributed by atoms with Crippen molar-refractivity contribution in [3.8, 4) is 5.75 Å². The Bertz CT molecular complexity index is 1340. The lowest BCUT2D eigenvalue weighted by Gasteiger charge is -2.18. The monoisotopic (exact) mass is 509 g/mol. The molecule has 13 heteroatoms. The van der Waals surface area contributed by atoms with Gasteiger partial charge in [0.05, 0.1) is 41.9 Å². The Morgan fingerprint density at radius 1 is 1.15 bits per heavy atom. The van der Waals surface area contributed by atoms with Crippen molar-refractivity contribution in [1.82, 2.24) is 19.6 Å². The van der Waals surface area contributed by atoms with E-state index in [1.165, 1.54) is 26.4 Å². The highest BCUT2D eigenvalue weighted by molar-refractivity contribution is 7.88. The molecule has 0 aliphatic carbocycles. The van der Waals surface area contributed by atoms with Gasteiger partial charge in [-0.3, -0.25) is 14.4 Å². The van der Waals surface area contributed by atoms with Gasteiger partial charge in [-0.25, -0.2) is 8.42 Å². The molecule has 0 spiro atoms. The molecule has 34 heavy (non-hydrogen) atoms. The highest BCUT2D eigenvalue weighted by Gasteiger charge is 2.27. The molecule has 0 saturated carbocycles. The van der Waals surface area contributed by atoms with E-state index in [2.05, 4.69) is 10.3 Å². The number of sulfonamides is 1. The van der Waals surface area contributed by atoms with E-state index < -0.39 is 10.0 Å². The van der Waals surface area contributed by atoms with E-state index >= 15 is 0 Å². The van der Waals surface area contributed by atoms with Crippen LogP contribution >= 0.6 is 12.4 Å². The molecule has 0 aliphatic heterocycles. The molecule has 0 unspecified atom stereocenters. The fourth-order valence-electron chi connectivity index (χ4n) is 3.30. The summed E-state index contributed by atoms with van der Waals surface area (Å²) in [6.45, 7) is 0.652. The molecule has 0 bridgehead atoms. The molecule has 2 N–H and O–H groups in total. The molecule has 0 atom stereocenters. The molecule has 0 fully saturated rings. The number of hydrogen-bond donors (Lipinski definition) is 1. The molecular formula is C21H24ClN5O6S. The SMILES string of the molecule is COc1cc(Cn2cc(CN)cn2)cc2onc(CON(OC)S(=O)(=O)c3ccccc3)c12.Cl. The summed E-state index contributed by atoms with van der Waals surface area (Å²) in [6.07, 6.45) is 3.58. The Balaban J connectivity index is 0.00000324. The van der Waals surface area contributed by atoms with Gasteiger partial charge in [0.25, 0.3) is 10.0 Å². The molecule has 0 saturated heterocycles. The number of benzene rings is 2. The van der Waals surface area contributed by atoms with Crippen molar-refractivity contribution in [3.63, 3.8) is 0 Å². The van der Waals surface area contributed by atoms with Gasteiger partial charge < -0.3 is 15.0 Å². The average Bonchev–Trinajstić information content (AvgIpc) is 3.46. The summed E-state index contributed by atoms with van der Waals surface area (Å²) in [7, 11) is -1.31. The van der Waals surface area contributed by atoms with Crippen molar-refractivity contribution in [3.05, 3.63) is 71.7 Å². The third-order valence-corrected chi connectivity index (χ3v) is 6.36. The zero-order valence-electron chi connectivity index (χ0n) is 18.4. The summed E-state index contributed by atoms with van der Waals surface area (Å²) in [6, 6.07) is 11.5. The van der Waals surface area contributed by atoms with Gasteiger partial charge in [0, 0.05) is 18.3 Å². The first-order valence-electron chi connectivity index (χ1n) is 9.90. The normalized spacial score (nSPS) is 11.6. The van der Waals surface area contributed by atoms with Crippen LogP contribution in [0.5, 0.6) is 5.75 Å². The fraction of sp³-hybridized carbons (Fsp3) is 0.238. The maximum Gasteiger partial charge on any atom is 0.288 e. The molecular weight excluding hydrogens is 486 g/mol. The summed E-state index contributed by atoms with van der Waals surface area (Å²) in [5, 5.41) is 8.88. The minimum Gasteiger partial charge on any atom is -0.496 e. The highest BCUT2D eigenvalue weighted by Crippen LogP contribution is 2.32. The van der Waals surface area contributed by atoms with E-state index in [0.717, 1.165) is 11.1 Å². The summed E-state index contributed by atoms with van der Waals surface area (Å²) in [5.74, 6) is 0.503. The Labute approximate surface area is 202 Å². The van der Waals surface area contributed by atoms with Crippen LogP contribution in [0.1, 0.15) is 16.8 Å². The molecule has 2 aromatic carbocycles. The van der Waals surface area contributed by atoms with Gasteiger partial charge in [-0.2, -0.15) is 5.10 Å². The Morgan fingerprint density at radius 2 is 1.91 bits per heavy atom. The van der Waals surface area contributed by atoms with Crippen molar-refractivity contribution in [2.45, 2.75) is 24.6 Å². The van der Waals surface area contributed by atoms with Crippen LogP contribution in [0.2, 0.25) is 0 Å². The first kappa shape index (κ1) is 25.6. The van der Waals surface area contributed by atoms with Crippen molar-refractivity contribution in [2.75, 3.05) is 14.2 Å². The zero-order chi connectivity index (χ0) is 23.4. The molecule has 4 aromatic rings.